The molecule has 2 saturated heterocycles. The molecule has 2 fully saturated rings. The Bertz CT molecular complexity index is 1410. The molecular weight excluding hydrogens is 566 g/mol. The first-order valence-corrected chi connectivity index (χ1v) is 17.6. The van der Waals surface area contributed by atoms with Gasteiger partial charge in [-0.05, 0) is 82.4 Å². The minimum Gasteiger partial charge on any atom is -0.493 e. The van der Waals surface area contributed by atoms with Gasteiger partial charge in [0.2, 0.25) is 21.8 Å². The molecule has 2 amide bonds. The molecule has 10 nitrogen and oxygen atoms in total. The number of sulfonamides is 1. The number of nitrogens with one attached hydrogen (secondary N) is 1. The lowest BCUT2D eigenvalue weighted by molar-refractivity contribution is -0.141. The van der Waals surface area contributed by atoms with Gasteiger partial charge in [-0.25, -0.2) is 18.4 Å². The van der Waals surface area contributed by atoms with Crippen molar-refractivity contribution in [1.29, 1.82) is 0 Å². The number of benzene rings is 1. The van der Waals surface area contributed by atoms with E-state index in [4.69, 9.17) is 4.74 Å². The Balaban J connectivity index is 1.18. The number of likely N-dealkylation sites (tertiary alicyclic amines) is 1. The number of aromatic nitrogens is 2. The van der Waals surface area contributed by atoms with E-state index in [-0.39, 0.29) is 17.9 Å². The molecule has 3 aliphatic heterocycles. The van der Waals surface area contributed by atoms with E-state index >= 15 is 0 Å². The topological polar surface area (TPSA) is 122 Å². The predicted molar refractivity (Wildman–Crippen MR) is 164 cm³/mol. The molecule has 1 atom stereocenters. The largest absolute Gasteiger partial charge is 0.493 e. The Labute approximate surface area is 255 Å². The van der Waals surface area contributed by atoms with Gasteiger partial charge in [-0.2, -0.15) is 4.31 Å². The monoisotopic (exact) mass is 611 g/mol. The van der Waals surface area contributed by atoms with Gasteiger partial charge in [-0.15, -0.1) is 0 Å². The fraction of sp³-hybridized carbons (Fsp3) is 0.625. The van der Waals surface area contributed by atoms with Crippen molar-refractivity contribution < 1.29 is 22.7 Å². The molecule has 2 aromatic rings. The number of carbonyl (C=O) groups is 2. The van der Waals surface area contributed by atoms with Crippen LogP contribution in [0.4, 0.5) is 0 Å². The van der Waals surface area contributed by atoms with Gasteiger partial charge in [0.15, 0.2) is 0 Å². The van der Waals surface area contributed by atoms with Gasteiger partial charge in [-0.1, -0.05) is 24.6 Å². The summed E-state index contributed by atoms with van der Waals surface area (Å²) in [5.74, 6) is 1.69. The molecule has 3 aliphatic rings. The number of hydrogen-bond acceptors (Lipinski definition) is 7. The van der Waals surface area contributed by atoms with Crippen molar-refractivity contribution in [3.63, 3.8) is 0 Å². The minimum atomic E-state index is -3.33. The van der Waals surface area contributed by atoms with Gasteiger partial charge in [0.05, 0.1) is 30.0 Å². The normalized spacial score (nSPS) is 22.0. The average Bonchev–Trinajstić information content (AvgIpc) is 3.50. The van der Waals surface area contributed by atoms with E-state index in [2.05, 4.69) is 21.4 Å². The van der Waals surface area contributed by atoms with Crippen LogP contribution in [0.2, 0.25) is 0 Å². The predicted octanol–water partition coefficient (Wildman–Crippen LogP) is 3.73. The molecule has 1 aromatic carbocycles. The smallest absolute Gasteiger partial charge is 0.226 e. The highest BCUT2D eigenvalue weighted by Gasteiger charge is 2.41. The Kier molecular flexibility index (Phi) is 10.0. The molecule has 234 valence electrons. The van der Waals surface area contributed by atoms with Crippen LogP contribution in [0.3, 0.4) is 0 Å². The summed E-state index contributed by atoms with van der Waals surface area (Å²) < 4.78 is 32.0. The molecule has 4 heterocycles. The Morgan fingerprint density at radius 1 is 1.07 bits per heavy atom. The summed E-state index contributed by atoms with van der Waals surface area (Å²) in [4.78, 5) is 37.7. The Morgan fingerprint density at radius 2 is 1.86 bits per heavy atom. The minimum absolute atomic E-state index is 0.0603. The molecular formula is C32H45N5O5S. The van der Waals surface area contributed by atoms with Gasteiger partial charge < -0.3 is 15.0 Å². The Hall–Kier alpha value is -3.05. The zero-order chi connectivity index (χ0) is 30.5. The molecule has 11 heteroatoms. The van der Waals surface area contributed by atoms with E-state index in [1.54, 1.807) is 6.92 Å². The van der Waals surface area contributed by atoms with Crippen molar-refractivity contribution in [1.82, 2.24) is 24.5 Å². The zero-order valence-corrected chi connectivity index (χ0v) is 26.3. The van der Waals surface area contributed by atoms with Crippen molar-refractivity contribution in [3.8, 4) is 5.75 Å². The van der Waals surface area contributed by atoms with Crippen LogP contribution in [-0.2, 0) is 32.5 Å². The van der Waals surface area contributed by atoms with Crippen molar-refractivity contribution >= 4 is 21.8 Å². The van der Waals surface area contributed by atoms with Crippen molar-refractivity contribution in [2.45, 2.75) is 83.6 Å². The number of fused-ring (bicyclic) bond motifs is 1. The van der Waals surface area contributed by atoms with Crippen LogP contribution in [0, 0.1) is 12.3 Å². The summed E-state index contributed by atoms with van der Waals surface area (Å²) in [6.45, 7) is 4.58. The van der Waals surface area contributed by atoms with E-state index < -0.39 is 15.4 Å². The number of amides is 2. The number of carbonyl (C=O) groups excluding carboxylic acids is 2. The number of hydrogen-bond donors (Lipinski definition) is 1. The first kappa shape index (κ1) is 31.4. The van der Waals surface area contributed by atoms with Crippen LogP contribution >= 0.6 is 0 Å². The number of nitrogens with zero attached hydrogens (tertiary/aromatic N) is 4. The lowest BCUT2D eigenvalue weighted by Crippen LogP contribution is -2.50. The maximum Gasteiger partial charge on any atom is 0.226 e. The number of aryl methyl sites for hydroxylation is 3. The van der Waals surface area contributed by atoms with E-state index in [0.717, 1.165) is 56.4 Å². The highest BCUT2D eigenvalue weighted by molar-refractivity contribution is 7.88. The molecule has 1 aromatic heterocycles. The molecule has 0 bridgehead atoms. The molecule has 0 saturated carbocycles. The van der Waals surface area contributed by atoms with Crippen LogP contribution in [0.15, 0.2) is 30.3 Å². The highest BCUT2D eigenvalue weighted by atomic mass is 32.2. The summed E-state index contributed by atoms with van der Waals surface area (Å²) in [6.07, 6.45) is 9.30. The summed E-state index contributed by atoms with van der Waals surface area (Å²) in [7, 11) is -3.33. The molecule has 0 aliphatic carbocycles. The number of para-hydroxylation sites is 1. The summed E-state index contributed by atoms with van der Waals surface area (Å²) >= 11 is 0. The second-order valence-corrected chi connectivity index (χ2v) is 14.2. The molecule has 5 rings (SSSR count). The van der Waals surface area contributed by atoms with Gasteiger partial charge in [0.25, 0.3) is 0 Å². The van der Waals surface area contributed by atoms with Gasteiger partial charge in [0.1, 0.15) is 11.6 Å². The maximum absolute atomic E-state index is 13.4. The summed E-state index contributed by atoms with van der Waals surface area (Å²) in [6, 6.07) is 9.77. The lowest BCUT2D eigenvalue weighted by atomic mass is 9.73. The number of piperidine rings is 1. The van der Waals surface area contributed by atoms with Crippen LogP contribution in [0.5, 0.6) is 5.75 Å². The summed E-state index contributed by atoms with van der Waals surface area (Å²) in [5, 5.41) is 3.16. The van der Waals surface area contributed by atoms with E-state index in [1.165, 1.54) is 16.1 Å². The van der Waals surface area contributed by atoms with Crippen molar-refractivity contribution in [3.05, 3.63) is 53.1 Å². The molecule has 1 spiro atoms. The summed E-state index contributed by atoms with van der Waals surface area (Å²) in [5.41, 5.74) is 2.23. The third-order valence-electron chi connectivity index (χ3n) is 9.22. The zero-order valence-electron chi connectivity index (χ0n) is 25.5. The fourth-order valence-electron chi connectivity index (χ4n) is 6.83. The van der Waals surface area contributed by atoms with Gasteiger partial charge in [0, 0.05) is 38.3 Å². The lowest BCUT2D eigenvalue weighted by Gasteiger charge is -2.41. The SMILES string of the molecule is Cc1nc(CCC(=O)N2CCC3(CCCCc4ccccc4OCCCNC3=O)CC2)cc(C2CCCN2S(C)(=O)=O)n1. The Morgan fingerprint density at radius 3 is 2.65 bits per heavy atom. The van der Waals surface area contributed by atoms with E-state index in [1.807, 2.05) is 29.2 Å². The van der Waals surface area contributed by atoms with Crippen LogP contribution in [0.25, 0.3) is 0 Å². The number of ether oxygens (including phenoxy) is 1. The second-order valence-electron chi connectivity index (χ2n) is 12.3. The van der Waals surface area contributed by atoms with Gasteiger partial charge in [-0.3, -0.25) is 9.59 Å². The standard InChI is InChI=1S/C32H45N5O5S/c1-24-34-26(23-27(35-24)28-11-7-19-37(28)43(2,40)41)13-14-30(38)36-20-16-32(17-21-36)15-6-5-10-25-9-3-4-12-29(25)42-22-8-18-33-31(32)39/h3-4,9,12,23,28H,5-8,10-11,13-22H2,1-2H3,(H,33,39). The van der Waals surface area contributed by atoms with Gasteiger partial charge >= 0.3 is 0 Å². The average molecular weight is 612 g/mol. The third-order valence-corrected chi connectivity index (χ3v) is 10.5. The molecule has 0 radical (unpaired) electrons. The van der Waals surface area contributed by atoms with Crippen LogP contribution in [-0.4, -0.2) is 78.4 Å². The van der Waals surface area contributed by atoms with Crippen LogP contribution in [0.1, 0.15) is 86.6 Å². The number of rotatable bonds is 5. The van der Waals surface area contributed by atoms with E-state index in [0.29, 0.717) is 70.0 Å². The maximum atomic E-state index is 13.4. The van der Waals surface area contributed by atoms with E-state index in [9.17, 15) is 18.0 Å². The van der Waals surface area contributed by atoms with Crippen molar-refractivity contribution in [2.75, 3.05) is 39.0 Å². The third kappa shape index (κ3) is 7.73. The molecule has 1 unspecified atom stereocenters. The quantitative estimate of drug-likeness (QED) is 0.547. The molecule has 1 N–H and O–H groups in total. The second kappa shape index (κ2) is 13.7. The first-order chi connectivity index (χ1) is 20.6. The van der Waals surface area contributed by atoms with Crippen LogP contribution < -0.4 is 10.1 Å². The highest BCUT2D eigenvalue weighted by Crippen LogP contribution is 2.38. The molecule has 43 heavy (non-hydrogen) atoms. The first-order valence-electron chi connectivity index (χ1n) is 15.7. The van der Waals surface area contributed by atoms with Crippen molar-refractivity contribution in [2.24, 2.45) is 5.41 Å². The fourth-order valence-corrected chi connectivity index (χ4v) is 7.96.